The van der Waals surface area contributed by atoms with Gasteiger partial charge in [0.05, 0.1) is 7.11 Å². The van der Waals surface area contributed by atoms with Gasteiger partial charge in [0.15, 0.2) is 0 Å². The molecule has 1 amide bonds. The number of carbonyl (C=O) groups is 2. The van der Waals surface area contributed by atoms with Gasteiger partial charge in [-0.3, -0.25) is 9.69 Å². The number of pyridine rings is 1. The predicted molar refractivity (Wildman–Crippen MR) is 100 cm³/mol. The molecule has 2 rings (SSSR count). The van der Waals surface area contributed by atoms with E-state index in [1.807, 2.05) is 26.8 Å². The highest BCUT2D eigenvalue weighted by Crippen LogP contribution is 2.27. The van der Waals surface area contributed by atoms with Crippen LogP contribution in [0, 0.1) is 0 Å². The molecule has 1 aliphatic rings. The Morgan fingerprint density at radius 1 is 1.19 bits per heavy atom. The maximum Gasteiger partial charge on any atom is 0.416 e. The number of amides is 1. The van der Waals surface area contributed by atoms with E-state index in [1.54, 1.807) is 4.90 Å². The zero-order valence-corrected chi connectivity index (χ0v) is 16.3. The van der Waals surface area contributed by atoms with Gasteiger partial charge in [-0.2, -0.15) is 0 Å². The quantitative estimate of drug-likeness (QED) is 0.564. The van der Waals surface area contributed by atoms with Crippen LogP contribution in [0.15, 0.2) is 12.1 Å². The number of ether oxygens (including phenoxy) is 2. The molecule has 0 atom stereocenters. The normalized spacial score (nSPS) is 13.9. The van der Waals surface area contributed by atoms with Crippen LogP contribution in [0.25, 0.3) is 0 Å². The van der Waals surface area contributed by atoms with Crippen molar-refractivity contribution in [3.63, 3.8) is 0 Å². The first-order valence-corrected chi connectivity index (χ1v) is 9.36. The molecule has 6 nitrogen and oxygen atoms in total. The van der Waals surface area contributed by atoms with E-state index in [9.17, 15) is 9.59 Å². The fourth-order valence-electron chi connectivity index (χ4n) is 2.97. The zero-order chi connectivity index (χ0) is 19.2. The largest absolute Gasteiger partial charge is 0.469 e. The average molecular weight is 362 g/mol. The van der Waals surface area contributed by atoms with Gasteiger partial charge in [-0.15, -0.1) is 0 Å². The van der Waals surface area contributed by atoms with Crippen LogP contribution in [0.4, 0.5) is 10.6 Å². The molecule has 1 aliphatic heterocycles. The minimum absolute atomic E-state index is 0.162. The molecule has 0 spiro atoms. The van der Waals surface area contributed by atoms with Gasteiger partial charge in [-0.05, 0) is 64.5 Å². The van der Waals surface area contributed by atoms with Crippen LogP contribution in [0.3, 0.4) is 0 Å². The summed E-state index contributed by atoms with van der Waals surface area (Å²) in [6, 6.07) is 4.11. The lowest BCUT2D eigenvalue weighted by Gasteiger charge is -2.31. The molecule has 6 heteroatoms. The van der Waals surface area contributed by atoms with Crippen molar-refractivity contribution in [3.05, 3.63) is 23.4 Å². The molecular weight excluding hydrogens is 332 g/mol. The second kappa shape index (κ2) is 9.01. The summed E-state index contributed by atoms with van der Waals surface area (Å²) in [5, 5.41) is 0. The van der Waals surface area contributed by atoms with Crippen LogP contribution >= 0.6 is 0 Å². The van der Waals surface area contributed by atoms with E-state index >= 15 is 0 Å². The minimum Gasteiger partial charge on any atom is -0.469 e. The summed E-state index contributed by atoms with van der Waals surface area (Å²) < 4.78 is 10.2. The van der Waals surface area contributed by atoms with Crippen molar-refractivity contribution < 1.29 is 19.1 Å². The van der Waals surface area contributed by atoms with Crippen LogP contribution in [0.2, 0.25) is 0 Å². The van der Waals surface area contributed by atoms with Crippen molar-refractivity contribution in [2.45, 2.75) is 71.3 Å². The first kappa shape index (κ1) is 20.2. The number of nitrogens with zero attached hydrogens (tertiary/aromatic N) is 2. The molecule has 0 N–H and O–H groups in total. The highest BCUT2D eigenvalue weighted by molar-refractivity contribution is 5.88. The van der Waals surface area contributed by atoms with Crippen LogP contribution in [0.1, 0.15) is 64.1 Å². The lowest BCUT2D eigenvalue weighted by molar-refractivity contribution is -0.140. The van der Waals surface area contributed by atoms with Gasteiger partial charge in [0, 0.05) is 18.7 Å². The predicted octanol–water partition coefficient (Wildman–Crippen LogP) is 4.05. The number of unbranched alkanes of at least 4 members (excludes halogenated alkanes) is 2. The molecule has 144 valence electrons. The van der Waals surface area contributed by atoms with E-state index in [1.165, 1.54) is 7.11 Å². The van der Waals surface area contributed by atoms with Crippen molar-refractivity contribution in [2.24, 2.45) is 0 Å². The van der Waals surface area contributed by atoms with Crippen molar-refractivity contribution in [2.75, 3.05) is 18.6 Å². The van der Waals surface area contributed by atoms with Gasteiger partial charge < -0.3 is 9.47 Å². The second-order valence-electron chi connectivity index (χ2n) is 7.66. The maximum absolute atomic E-state index is 12.5. The summed E-state index contributed by atoms with van der Waals surface area (Å²) in [4.78, 5) is 30.0. The SMILES string of the molecule is COC(=O)CCCCCc1ccc2c(n1)N(C(=O)OC(C)(C)C)CCC2. The Morgan fingerprint density at radius 2 is 1.96 bits per heavy atom. The Morgan fingerprint density at radius 3 is 2.65 bits per heavy atom. The molecule has 0 bridgehead atoms. The summed E-state index contributed by atoms with van der Waals surface area (Å²) in [5.41, 5.74) is 1.54. The minimum atomic E-state index is -0.522. The summed E-state index contributed by atoms with van der Waals surface area (Å²) in [5.74, 6) is 0.572. The number of methoxy groups -OCH3 is 1. The Bertz CT molecular complexity index is 637. The standard InChI is InChI=1S/C20H30N2O4/c1-20(2,3)26-19(24)22-14-8-9-15-12-13-16(21-18(15)22)10-6-5-7-11-17(23)25-4/h12-13H,5-11,14H2,1-4H3. The summed E-state index contributed by atoms with van der Waals surface area (Å²) >= 11 is 0. The molecular formula is C20H30N2O4. The monoisotopic (exact) mass is 362 g/mol. The van der Waals surface area contributed by atoms with Crippen molar-refractivity contribution in [1.82, 2.24) is 4.98 Å². The van der Waals surface area contributed by atoms with Gasteiger partial charge in [0.2, 0.25) is 0 Å². The Balaban J connectivity index is 1.97. The molecule has 0 aliphatic carbocycles. The Kier molecular flexibility index (Phi) is 7.00. The van der Waals surface area contributed by atoms with Crippen molar-refractivity contribution >= 4 is 17.9 Å². The average Bonchev–Trinajstić information content (AvgIpc) is 2.59. The Hall–Kier alpha value is -2.11. The van der Waals surface area contributed by atoms with Crippen LogP contribution in [-0.2, 0) is 27.1 Å². The van der Waals surface area contributed by atoms with Gasteiger partial charge >= 0.3 is 12.1 Å². The van der Waals surface area contributed by atoms with E-state index in [4.69, 9.17) is 9.72 Å². The van der Waals surface area contributed by atoms with Gasteiger partial charge in [0.1, 0.15) is 11.4 Å². The highest BCUT2D eigenvalue weighted by Gasteiger charge is 2.28. The number of carbonyl (C=O) groups excluding carboxylic acids is 2. The Labute approximate surface area is 155 Å². The molecule has 2 heterocycles. The number of aromatic nitrogens is 1. The number of rotatable bonds is 6. The molecule has 0 aromatic carbocycles. The molecule has 1 aromatic heterocycles. The highest BCUT2D eigenvalue weighted by atomic mass is 16.6. The van der Waals surface area contributed by atoms with E-state index in [0.717, 1.165) is 55.6 Å². The smallest absolute Gasteiger partial charge is 0.416 e. The number of hydrogen-bond acceptors (Lipinski definition) is 5. The number of esters is 1. The fourth-order valence-corrected chi connectivity index (χ4v) is 2.97. The molecule has 26 heavy (non-hydrogen) atoms. The fraction of sp³-hybridized carbons (Fsp3) is 0.650. The van der Waals surface area contributed by atoms with Gasteiger partial charge in [-0.25, -0.2) is 9.78 Å². The first-order valence-electron chi connectivity index (χ1n) is 9.36. The van der Waals surface area contributed by atoms with E-state index < -0.39 is 5.60 Å². The molecule has 0 fully saturated rings. The third-order valence-electron chi connectivity index (χ3n) is 4.25. The molecule has 0 saturated heterocycles. The maximum atomic E-state index is 12.5. The van der Waals surface area contributed by atoms with E-state index in [2.05, 4.69) is 10.8 Å². The zero-order valence-electron chi connectivity index (χ0n) is 16.3. The number of anilines is 1. The number of hydrogen-bond donors (Lipinski definition) is 0. The van der Waals surface area contributed by atoms with Crippen LogP contribution in [-0.4, -0.2) is 36.3 Å². The summed E-state index contributed by atoms with van der Waals surface area (Å²) in [6.45, 7) is 6.24. The second-order valence-corrected chi connectivity index (χ2v) is 7.66. The summed E-state index contributed by atoms with van der Waals surface area (Å²) in [6.07, 6.45) is 5.53. The molecule has 1 aromatic rings. The van der Waals surface area contributed by atoms with Gasteiger partial charge in [0.25, 0.3) is 0 Å². The lowest BCUT2D eigenvalue weighted by Crippen LogP contribution is -2.40. The first-order chi connectivity index (χ1) is 12.3. The molecule has 0 unspecified atom stereocenters. The molecule has 0 saturated carbocycles. The third-order valence-corrected chi connectivity index (χ3v) is 4.25. The van der Waals surface area contributed by atoms with Crippen LogP contribution in [0.5, 0.6) is 0 Å². The lowest BCUT2D eigenvalue weighted by atomic mass is 10.0. The van der Waals surface area contributed by atoms with Crippen molar-refractivity contribution in [3.8, 4) is 0 Å². The van der Waals surface area contributed by atoms with E-state index in [-0.39, 0.29) is 12.1 Å². The number of fused-ring (bicyclic) bond motifs is 1. The third kappa shape index (κ3) is 6.00. The van der Waals surface area contributed by atoms with Crippen molar-refractivity contribution in [1.29, 1.82) is 0 Å². The number of aryl methyl sites for hydroxylation is 2. The van der Waals surface area contributed by atoms with Gasteiger partial charge in [-0.1, -0.05) is 12.5 Å². The topological polar surface area (TPSA) is 68.7 Å². The van der Waals surface area contributed by atoms with Crippen LogP contribution < -0.4 is 4.90 Å². The van der Waals surface area contributed by atoms with E-state index in [0.29, 0.717) is 13.0 Å². The molecule has 0 radical (unpaired) electrons. The summed E-state index contributed by atoms with van der Waals surface area (Å²) in [7, 11) is 1.41.